The summed E-state index contributed by atoms with van der Waals surface area (Å²) in [5, 5.41) is 2.83. The Morgan fingerprint density at radius 3 is 2.67 bits per heavy atom. The molecule has 4 nitrogen and oxygen atoms in total. The van der Waals surface area contributed by atoms with E-state index in [1.54, 1.807) is 17.5 Å². The predicted molar refractivity (Wildman–Crippen MR) is 88.6 cm³/mol. The highest BCUT2D eigenvalue weighted by molar-refractivity contribution is 7.26. The molecule has 0 atom stereocenters. The minimum atomic E-state index is 0.690. The normalized spacial score (nSPS) is 15.5. The van der Waals surface area contributed by atoms with E-state index in [2.05, 4.69) is 19.9 Å². The topological polar surface area (TPSA) is 41.9 Å². The number of anilines is 1. The summed E-state index contributed by atoms with van der Waals surface area (Å²) in [7, 11) is 0. The summed E-state index contributed by atoms with van der Waals surface area (Å²) in [6.45, 7) is 6.09. The molecule has 0 spiro atoms. The Balaban J connectivity index is 2.10. The van der Waals surface area contributed by atoms with Gasteiger partial charge in [0.25, 0.3) is 0 Å². The highest BCUT2D eigenvalue weighted by Crippen LogP contribution is 2.42. The molecule has 0 aliphatic carbocycles. The zero-order chi connectivity index (χ0) is 14.6. The Hall–Kier alpha value is -1.46. The number of halogens is 1. The van der Waals surface area contributed by atoms with Crippen molar-refractivity contribution in [3.8, 4) is 0 Å². The van der Waals surface area contributed by atoms with Gasteiger partial charge in [-0.05, 0) is 26.7 Å². The maximum absolute atomic E-state index is 6.44. The van der Waals surface area contributed by atoms with Crippen LogP contribution in [-0.2, 0) is 0 Å². The number of nitrogens with zero attached hydrogens (tertiary/aromatic N) is 4. The fraction of sp³-hybridized carbons (Fsp3) is 0.400. The van der Waals surface area contributed by atoms with Gasteiger partial charge in [-0.3, -0.25) is 0 Å². The van der Waals surface area contributed by atoms with Crippen LogP contribution in [0, 0.1) is 13.8 Å². The molecule has 4 rings (SSSR count). The predicted octanol–water partition coefficient (Wildman–Crippen LogP) is 4.11. The van der Waals surface area contributed by atoms with Gasteiger partial charge in [-0.25, -0.2) is 15.0 Å². The fourth-order valence-electron chi connectivity index (χ4n) is 3.08. The molecule has 1 saturated heterocycles. The first-order chi connectivity index (χ1) is 10.1. The number of aromatic nitrogens is 3. The number of aryl methyl sites for hydroxylation is 2. The average molecular weight is 319 g/mol. The smallest absolute Gasteiger partial charge is 0.146 e. The molecule has 0 bridgehead atoms. The summed E-state index contributed by atoms with van der Waals surface area (Å²) >= 11 is 8.12. The maximum atomic E-state index is 6.44. The Morgan fingerprint density at radius 1 is 1.14 bits per heavy atom. The van der Waals surface area contributed by atoms with Gasteiger partial charge in [-0.2, -0.15) is 0 Å². The standard InChI is InChI=1S/C15H15ClN4S/c1-8-11-12-10(16)7-17-14(20-5-3-4-6-20)13(12)21-15(11)19-9(2)18-8/h7H,3-6H2,1-2H3. The first-order valence-electron chi connectivity index (χ1n) is 7.12. The lowest BCUT2D eigenvalue weighted by Gasteiger charge is -2.17. The molecule has 6 heteroatoms. The van der Waals surface area contributed by atoms with Crippen LogP contribution in [0.25, 0.3) is 20.3 Å². The summed E-state index contributed by atoms with van der Waals surface area (Å²) in [5.41, 5.74) is 0.990. The third-order valence-corrected chi connectivity index (χ3v) is 5.36. The van der Waals surface area contributed by atoms with Gasteiger partial charge < -0.3 is 4.90 Å². The lowest BCUT2D eigenvalue weighted by atomic mass is 10.2. The second kappa shape index (κ2) is 4.78. The van der Waals surface area contributed by atoms with Crippen LogP contribution < -0.4 is 4.90 Å². The molecule has 1 fully saturated rings. The van der Waals surface area contributed by atoms with E-state index in [1.807, 2.05) is 13.8 Å². The van der Waals surface area contributed by atoms with Crippen LogP contribution in [0.1, 0.15) is 24.4 Å². The minimum absolute atomic E-state index is 0.690. The molecule has 0 unspecified atom stereocenters. The summed E-state index contributed by atoms with van der Waals surface area (Å²) in [6, 6.07) is 0. The largest absolute Gasteiger partial charge is 0.355 e. The zero-order valence-electron chi connectivity index (χ0n) is 12.0. The third kappa shape index (κ3) is 1.99. The van der Waals surface area contributed by atoms with Gasteiger partial charge in [-0.15, -0.1) is 11.3 Å². The van der Waals surface area contributed by atoms with Crippen LogP contribution in [-0.4, -0.2) is 28.0 Å². The first-order valence-corrected chi connectivity index (χ1v) is 8.31. The number of fused-ring (bicyclic) bond motifs is 3. The van der Waals surface area contributed by atoms with Gasteiger partial charge in [0.15, 0.2) is 0 Å². The van der Waals surface area contributed by atoms with Crippen molar-refractivity contribution in [2.24, 2.45) is 0 Å². The van der Waals surface area contributed by atoms with Crippen molar-refractivity contribution in [3.05, 3.63) is 22.7 Å². The first kappa shape index (κ1) is 13.2. The van der Waals surface area contributed by atoms with Crippen molar-refractivity contribution >= 4 is 49.1 Å². The molecule has 3 aromatic heterocycles. The second-order valence-corrected chi connectivity index (χ2v) is 6.87. The molecular weight excluding hydrogens is 304 g/mol. The van der Waals surface area contributed by atoms with Crippen LogP contribution in [0.2, 0.25) is 5.02 Å². The van der Waals surface area contributed by atoms with E-state index >= 15 is 0 Å². The van der Waals surface area contributed by atoms with Crippen LogP contribution in [0.4, 0.5) is 5.82 Å². The van der Waals surface area contributed by atoms with Gasteiger partial charge in [-0.1, -0.05) is 11.6 Å². The van der Waals surface area contributed by atoms with Crippen molar-refractivity contribution < 1.29 is 0 Å². The van der Waals surface area contributed by atoms with E-state index in [1.165, 1.54) is 12.8 Å². The minimum Gasteiger partial charge on any atom is -0.355 e. The van der Waals surface area contributed by atoms with Crippen LogP contribution >= 0.6 is 22.9 Å². The summed E-state index contributed by atoms with van der Waals surface area (Å²) in [4.78, 5) is 17.0. The number of hydrogen-bond acceptors (Lipinski definition) is 5. The molecule has 0 radical (unpaired) electrons. The van der Waals surface area contributed by atoms with E-state index in [-0.39, 0.29) is 0 Å². The number of pyridine rings is 1. The molecule has 4 heterocycles. The van der Waals surface area contributed by atoms with Crippen molar-refractivity contribution in [2.45, 2.75) is 26.7 Å². The molecule has 1 aliphatic rings. The fourth-order valence-corrected chi connectivity index (χ4v) is 4.69. The van der Waals surface area contributed by atoms with Crippen LogP contribution in [0.5, 0.6) is 0 Å². The maximum Gasteiger partial charge on any atom is 0.146 e. The molecule has 0 saturated carbocycles. The van der Waals surface area contributed by atoms with Crippen molar-refractivity contribution in [2.75, 3.05) is 18.0 Å². The Bertz CT molecular complexity index is 852. The number of hydrogen-bond donors (Lipinski definition) is 0. The highest BCUT2D eigenvalue weighted by Gasteiger charge is 2.22. The van der Waals surface area contributed by atoms with E-state index in [9.17, 15) is 0 Å². The Labute approximate surface area is 131 Å². The highest BCUT2D eigenvalue weighted by atomic mass is 35.5. The van der Waals surface area contributed by atoms with Gasteiger partial charge >= 0.3 is 0 Å². The Kier molecular flexibility index (Phi) is 3.01. The van der Waals surface area contributed by atoms with Gasteiger partial charge in [0.05, 0.1) is 15.4 Å². The van der Waals surface area contributed by atoms with E-state index in [0.717, 1.165) is 50.7 Å². The summed E-state index contributed by atoms with van der Waals surface area (Å²) < 4.78 is 1.14. The van der Waals surface area contributed by atoms with E-state index in [0.29, 0.717) is 5.02 Å². The Morgan fingerprint density at radius 2 is 1.90 bits per heavy atom. The SMILES string of the molecule is Cc1nc(C)c2c(n1)sc1c(N3CCCC3)ncc(Cl)c12. The number of rotatable bonds is 1. The van der Waals surface area contributed by atoms with Crippen molar-refractivity contribution in [1.29, 1.82) is 0 Å². The lowest BCUT2D eigenvalue weighted by Crippen LogP contribution is -2.18. The summed E-state index contributed by atoms with van der Waals surface area (Å²) in [5.74, 6) is 1.85. The quantitative estimate of drug-likeness (QED) is 0.677. The van der Waals surface area contributed by atoms with Gasteiger partial charge in [0.2, 0.25) is 0 Å². The molecule has 0 amide bonds. The van der Waals surface area contributed by atoms with Crippen molar-refractivity contribution in [1.82, 2.24) is 15.0 Å². The molecule has 0 aromatic carbocycles. The molecule has 0 N–H and O–H groups in total. The molecule has 108 valence electrons. The van der Waals surface area contributed by atoms with Gasteiger partial charge in [0.1, 0.15) is 16.5 Å². The second-order valence-electron chi connectivity index (χ2n) is 5.47. The summed E-state index contributed by atoms with van der Waals surface area (Å²) in [6.07, 6.45) is 4.23. The molecule has 21 heavy (non-hydrogen) atoms. The zero-order valence-corrected chi connectivity index (χ0v) is 13.6. The molecule has 1 aliphatic heterocycles. The van der Waals surface area contributed by atoms with Gasteiger partial charge in [0, 0.05) is 30.1 Å². The lowest BCUT2D eigenvalue weighted by molar-refractivity contribution is 0.947. The van der Waals surface area contributed by atoms with Crippen LogP contribution in [0.3, 0.4) is 0 Å². The monoisotopic (exact) mass is 318 g/mol. The van der Waals surface area contributed by atoms with E-state index < -0.39 is 0 Å². The average Bonchev–Trinajstić information content (AvgIpc) is 3.05. The number of thiophene rings is 1. The van der Waals surface area contributed by atoms with Crippen LogP contribution in [0.15, 0.2) is 6.20 Å². The van der Waals surface area contributed by atoms with E-state index in [4.69, 9.17) is 11.6 Å². The van der Waals surface area contributed by atoms with Crippen molar-refractivity contribution in [3.63, 3.8) is 0 Å². The third-order valence-electron chi connectivity index (χ3n) is 3.99. The molecular formula is C15H15ClN4S. The molecule has 3 aromatic rings.